The second kappa shape index (κ2) is 6.99. The number of fused-ring (bicyclic) bond motifs is 1. The lowest BCUT2D eigenvalue weighted by Gasteiger charge is -2.08. The molecular formula is C19H15NO6S2. The molecule has 1 aliphatic rings. The SMILES string of the molecule is Cc1c(-c2cc3cc(OCC4SC(=S)NC4=O)ccc3o2)oc(=O)c(C)c1O. The van der Waals surface area contributed by atoms with E-state index in [9.17, 15) is 14.7 Å². The monoisotopic (exact) mass is 417 g/mol. The fourth-order valence-electron chi connectivity index (χ4n) is 2.86. The van der Waals surface area contributed by atoms with Crippen molar-refractivity contribution in [3.05, 3.63) is 45.8 Å². The maximum absolute atomic E-state index is 11.9. The summed E-state index contributed by atoms with van der Waals surface area (Å²) < 4.78 is 17.2. The largest absolute Gasteiger partial charge is 0.507 e. The summed E-state index contributed by atoms with van der Waals surface area (Å²) in [5.74, 6) is 0.802. The molecule has 1 aromatic carbocycles. The van der Waals surface area contributed by atoms with E-state index in [1.807, 2.05) is 0 Å². The minimum atomic E-state index is -0.618. The Kier molecular flexibility index (Phi) is 4.64. The number of benzene rings is 1. The Morgan fingerprint density at radius 1 is 1.21 bits per heavy atom. The van der Waals surface area contributed by atoms with Crippen LogP contribution in [0.2, 0.25) is 0 Å². The number of hydrogen-bond acceptors (Lipinski definition) is 8. The minimum Gasteiger partial charge on any atom is -0.507 e. The molecule has 0 radical (unpaired) electrons. The summed E-state index contributed by atoms with van der Waals surface area (Å²) in [4.78, 5) is 23.6. The Balaban J connectivity index is 1.61. The molecule has 1 fully saturated rings. The fourth-order valence-corrected chi connectivity index (χ4v) is 4.03. The first kappa shape index (κ1) is 18.6. The van der Waals surface area contributed by atoms with E-state index < -0.39 is 5.63 Å². The van der Waals surface area contributed by atoms with Crippen molar-refractivity contribution in [1.29, 1.82) is 0 Å². The summed E-state index contributed by atoms with van der Waals surface area (Å²) in [6, 6.07) is 6.91. The highest BCUT2D eigenvalue weighted by atomic mass is 32.2. The van der Waals surface area contributed by atoms with Gasteiger partial charge in [0.1, 0.15) is 33.3 Å². The maximum atomic E-state index is 11.9. The van der Waals surface area contributed by atoms with Crippen molar-refractivity contribution in [3.8, 4) is 23.0 Å². The molecule has 1 saturated heterocycles. The lowest BCUT2D eigenvalue weighted by molar-refractivity contribution is -0.119. The van der Waals surface area contributed by atoms with E-state index in [-0.39, 0.29) is 34.8 Å². The van der Waals surface area contributed by atoms with Gasteiger partial charge in [-0.2, -0.15) is 0 Å². The van der Waals surface area contributed by atoms with Crippen molar-refractivity contribution in [2.24, 2.45) is 0 Å². The number of carbonyl (C=O) groups excluding carboxylic acids is 1. The van der Waals surface area contributed by atoms with Crippen molar-refractivity contribution in [3.63, 3.8) is 0 Å². The number of amides is 1. The molecule has 2 aromatic heterocycles. The quantitative estimate of drug-likeness (QED) is 0.624. The zero-order chi connectivity index (χ0) is 20.0. The molecule has 1 aliphatic heterocycles. The van der Waals surface area contributed by atoms with E-state index in [0.717, 1.165) is 5.39 Å². The molecule has 0 saturated carbocycles. The Bertz CT molecular complexity index is 1180. The zero-order valence-corrected chi connectivity index (χ0v) is 16.5. The zero-order valence-electron chi connectivity index (χ0n) is 14.9. The van der Waals surface area contributed by atoms with E-state index >= 15 is 0 Å². The van der Waals surface area contributed by atoms with Crippen molar-refractivity contribution in [2.45, 2.75) is 19.1 Å². The van der Waals surface area contributed by atoms with Crippen LogP contribution in [0.1, 0.15) is 11.1 Å². The third-order valence-electron chi connectivity index (χ3n) is 4.43. The lowest BCUT2D eigenvalue weighted by atomic mass is 10.1. The summed E-state index contributed by atoms with van der Waals surface area (Å²) in [5, 5.41) is 13.0. The Morgan fingerprint density at radius 2 is 2.00 bits per heavy atom. The van der Waals surface area contributed by atoms with Gasteiger partial charge in [0, 0.05) is 10.9 Å². The van der Waals surface area contributed by atoms with Gasteiger partial charge in [-0.15, -0.1) is 0 Å². The number of thiocarbonyl (C=S) groups is 1. The highest BCUT2D eigenvalue weighted by molar-refractivity contribution is 8.24. The Labute approximate surface area is 168 Å². The number of carbonyl (C=O) groups is 1. The predicted octanol–water partition coefficient (Wildman–Crippen LogP) is 3.27. The predicted molar refractivity (Wildman–Crippen MR) is 109 cm³/mol. The topological polar surface area (TPSA) is 102 Å². The number of nitrogens with one attached hydrogen (secondary N) is 1. The number of hydrogen-bond donors (Lipinski definition) is 2. The van der Waals surface area contributed by atoms with Crippen molar-refractivity contribution >= 4 is 45.2 Å². The molecule has 9 heteroatoms. The van der Waals surface area contributed by atoms with Gasteiger partial charge in [-0.25, -0.2) is 4.79 Å². The standard InChI is InChI=1S/C19H15NO6S2/c1-8-15(21)9(2)18(23)26-16(8)13-6-10-5-11(3-4-12(10)25-13)24-7-14-17(22)20-19(27)28-14/h3-6,14,21H,7H2,1-2H3,(H,20,22,27). The van der Waals surface area contributed by atoms with Crippen LogP contribution in [0.4, 0.5) is 0 Å². The van der Waals surface area contributed by atoms with Crippen LogP contribution in [0.5, 0.6) is 11.5 Å². The van der Waals surface area contributed by atoms with Gasteiger partial charge < -0.3 is 24.0 Å². The van der Waals surface area contributed by atoms with Crippen LogP contribution in [-0.4, -0.2) is 27.2 Å². The second-order valence-corrected chi connectivity index (χ2v) is 8.20. The first-order valence-electron chi connectivity index (χ1n) is 8.35. The van der Waals surface area contributed by atoms with E-state index in [0.29, 0.717) is 27.0 Å². The molecule has 28 heavy (non-hydrogen) atoms. The van der Waals surface area contributed by atoms with Gasteiger partial charge in [-0.1, -0.05) is 24.0 Å². The number of rotatable bonds is 4. The Morgan fingerprint density at radius 3 is 2.71 bits per heavy atom. The van der Waals surface area contributed by atoms with Crippen LogP contribution in [0.25, 0.3) is 22.5 Å². The fraction of sp³-hybridized carbons (Fsp3) is 0.211. The van der Waals surface area contributed by atoms with Crippen LogP contribution >= 0.6 is 24.0 Å². The first-order valence-corrected chi connectivity index (χ1v) is 9.64. The maximum Gasteiger partial charge on any atom is 0.343 e. The highest BCUT2D eigenvalue weighted by Crippen LogP contribution is 2.34. The van der Waals surface area contributed by atoms with Crippen LogP contribution < -0.4 is 15.7 Å². The van der Waals surface area contributed by atoms with Crippen molar-refractivity contribution in [2.75, 3.05) is 6.61 Å². The smallest absolute Gasteiger partial charge is 0.343 e. The summed E-state index contributed by atoms with van der Waals surface area (Å²) in [6.07, 6.45) is 0. The molecule has 144 valence electrons. The molecule has 0 spiro atoms. The molecule has 4 rings (SSSR count). The van der Waals surface area contributed by atoms with E-state index in [1.165, 1.54) is 18.7 Å². The molecular weight excluding hydrogens is 402 g/mol. The molecule has 0 bridgehead atoms. The Hall–Kier alpha value is -2.78. The molecule has 2 N–H and O–H groups in total. The van der Waals surface area contributed by atoms with E-state index in [4.69, 9.17) is 25.8 Å². The molecule has 1 unspecified atom stereocenters. The minimum absolute atomic E-state index is 0.110. The van der Waals surface area contributed by atoms with Crippen LogP contribution in [0.15, 0.2) is 37.9 Å². The number of furan rings is 1. The summed E-state index contributed by atoms with van der Waals surface area (Å²) in [6.45, 7) is 3.33. The van der Waals surface area contributed by atoms with E-state index in [2.05, 4.69) is 5.32 Å². The molecule has 1 amide bonds. The highest BCUT2D eigenvalue weighted by Gasteiger charge is 2.29. The van der Waals surface area contributed by atoms with Crippen LogP contribution in [0, 0.1) is 13.8 Å². The molecule has 3 aromatic rings. The average Bonchev–Trinajstić information content (AvgIpc) is 3.22. The third kappa shape index (κ3) is 3.27. The first-order chi connectivity index (χ1) is 13.3. The normalized spacial score (nSPS) is 16.6. The summed E-state index contributed by atoms with van der Waals surface area (Å²) >= 11 is 6.23. The lowest BCUT2D eigenvalue weighted by Crippen LogP contribution is -2.28. The number of ether oxygens (including phenoxy) is 1. The number of thioether (sulfide) groups is 1. The van der Waals surface area contributed by atoms with Crippen LogP contribution in [0.3, 0.4) is 0 Å². The average molecular weight is 417 g/mol. The van der Waals surface area contributed by atoms with Crippen molar-refractivity contribution in [1.82, 2.24) is 5.32 Å². The van der Waals surface area contributed by atoms with Gasteiger partial charge in [-0.3, -0.25) is 4.79 Å². The van der Waals surface area contributed by atoms with Crippen molar-refractivity contribution < 1.29 is 23.5 Å². The summed E-state index contributed by atoms with van der Waals surface area (Å²) in [7, 11) is 0. The van der Waals surface area contributed by atoms with E-state index in [1.54, 1.807) is 31.2 Å². The second-order valence-electron chi connectivity index (χ2n) is 6.32. The molecule has 0 aliphatic carbocycles. The molecule has 3 heterocycles. The van der Waals surface area contributed by atoms with Crippen LogP contribution in [-0.2, 0) is 4.79 Å². The van der Waals surface area contributed by atoms with Gasteiger partial charge in [0.25, 0.3) is 0 Å². The number of aromatic hydroxyl groups is 1. The van der Waals surface area contributed by atoms with Gasteiger partial charge in [0.2, 0.25) is 5.91 Å². The van der Waals surface area contributed by atoms with Gasteiger partial charge in [0.05, 0.1) is 5.56 Å². The van der Waals surface area contributed by atoms with Gasteiger partial charge >= 0.3 is 5.63 Å². The van der Waals surface area contributed by atoms with Gasteiger partial charge in [0.15, 0.2) is 11.5 Å². The molecule has 1 atom stereocenters. The third-order valence-corrected chi connectivity index (χ3v) is 5.77. The molecule has 7 nitrogen and oxygen atoms in total. The summed E-state index contributed by atoms with van der Waals surface area (Å²) in [5.41, 5.74) is 0.528. The van der Waals surface area contributed by atoms with Gasteiger partial charge in [-0.05, 0) is 38.1 Å².